The van der Waals surface area contributed by atoms with Gasteiger partial charge in [0.15, 0.2) is 0 Å². The summed E-state index contributed by atoms with van der Waals surface area (Å²) in [6.07, 6.45) is 4.81. The molecule has 3 heteroatoms. The maximum atomic E-state index is 11.2. The molecule has 0 aromatic heterocycles. The fourth-order valence-corrected chi connectivity index (χ4v) is 1.55. The number of hydrogen-bond donors (Lipinski definition) is 2. The molecule has 1 saturated carbocycles. The molecule has 0 spiro atoms. The van der Waals surface area contributed by atoms with Gasteiger partial charge < -0.3 is 10.6 Å². The van der Waals surface area contributed by atoms with E-state index in [9.17, 15) is 4.79 Å². The van der Waals surface area contributed by atoms with E-state index in [0.717, 1.165) is 19.5 Å². The molecule has 76 valence electrons. The molecule has 3 nitrogen and oxygen atoms in total. The summed E-state index contributed by atoms with van der Waals surface area (Å²) in [5, 5.41) is 5.71. The number of rotatable bonds is 4. The second kappa shape index (κ2) is 4.49. The summed E-state index contributed by atoms with van der Waals surface area (Å²) >= 11 is 0. The van der Waals surface area contributed by atoms with Crippen LogP contribution in [0.2, 0.25) is 0 Å². The van der Waals surface area contributed by atoms with Crippen molar-refractivity contribution in [2.75, 3.05) is 13.1 Å². The zero-order valence-electron chi connectivity index (χ0n) is 8.65. The summed E-state index contributed by atoms with van der Waals surface area (Å²) in [5.41, 5.74) is 0.379. The molecular weight excluding hydrogens is 164 g/mol. The molecule has 0 heterocycles. The summed E-state index contributed by atoms with van der Waals surface area (Å²) in [7, 11) is 0. The molecule has 0 aliphatic heterocycles. The van der Waals surface area contributed by atoms with E-state index >= 15 is 0 Å². The van der Waals surface area contributed by atoms with Gasteiger partial charge in [-0.2, -0.15) is 0 Å². The lowest BCUT2D eigenvalue weighted by Crippen LogP contribution is -2.44. The first-order chi connectivity index (χ1) is 6.16. The predicted octanol–water partition coefficient (Wildman–Crippen LogP) is 1.89. The third kappa shape index (κ3) is 3.25. The number of urea groups is 1. The fourth-order valence-electron chi connectivity index (χ4n) is 1.55. The molecule has 2 amide bonds. The number of carbonyl (C=O) groups excluding carboxylic acids is 1. The SMILES string of the molecule is CCCNC(=O)NCC1(C)CCC1. The maximum absolute atomic E-state index is 11.2. The topological polar surface area (TPSA) is 41.1 Å². The molecule has 0 aromatic carbocycles. The van der Waals surface area contributed by atoms with Crippen molar-refractivity contribution >= 4 is 6.03 Å². The van der Waals surface area contributed by atoms with Crippen molar-refractivity contribution in [3.8, 4) is 0 Å². The number of amides is 2. The molecule has 0 bridgehead atoms. The van der Waals surface area contributed by atoms with Gasteiger partial charge in [-0.15, -0.1) is 0 Å². The van der Waals surface area contributed by atoms with E-state index in [1.807, 2.05) is 6.92 Å². The molecule has 0 unspecified atom stereocenters. The first kappa shape index (κ1) is 10.4. The van der Waals surface area contributed by atoms with Crippen LogP contribution < -0.4 is 10.6 Å². The lowest BCUT2D eigenvalue weighted by atomic mass is 9.70. The second-order valence-electron chi connectivity index (χ2n) is 4.27. The van der Waals surface area contributed by atoms with Gasteiger partial charge in [0.2, 0.25) is 0 Å². The summed E-state index contributed by atoms with van der Waals surface area (Å²) in [4.78, 5) is 11.2. The van der Waals surface area contributed by atoms with Crippen LogP contribution in [0.3, 0.4) is 0 Å². The van der Waals surface area contributed by atoms with Crippen molar-refractivity contribution in [3.63, 3.8) is 0 Å². The van der Waals surface area contributed by atoms with Crippen LogP contribution in [0.15, 0.2) is 0 Å². The highest BCUT2D eigenvalue weighted by Crippen LogP contribution is 2.39. The lowest BCUT2D eigenvalue weighted by molar-refractivity contribution is 0.157. The molecule has 0 atom stereocenters. The van der Waals surface area contributed by atoms with Crippen LogP contribution in [-0.2, 0) is 0 Å². The molecular formula is C10H20N2O. The predicted molar refractivity (Wildman–Crippen MR) is 53.7 cm³/mol. The van der Waals surface area contributed by atoms with Gasteiger partial charge >= 0.3 is 6.03 Å². The van der Waals surface area contributed by atoms with Crippen LogP contribution in [0.25, 0.3) is 0 Å². The molecule has 2 N–H and O–H groups in total. The molecule has 13 heavy (non-hydrogen) atoms. The molecule has 1 aliphatic carbocycles. The average Bonchev–Trinajstić information content (AvgIpc) is 2.08. The van der Waals surface area contributed by atoms with Crippen LogP contribution in [0.4, 0.5) is 4.79 Å². The Morgan fingerprint density at radius 3 is 2.54 bits per heavy atom. The number of carbonyl (C=O) groups is 1. The zero-order chi connectivity index (χ0) is 9.73. The molecule has 0 saturated heterocycles. The van der Waals surface area contributed by atoms with Gasteiger partial charge in [0.05, 0.1) is 0 Å². The average molecular weight is 184 g/mol. The minimum atomic E-state index is -0.0185. The van der Waals surface area contributed by atoms with Gasteiger partial charge in [0.1, 0.15) is 0 Å². The Hall–Kier alpha value is -0.730. The van der Waals surface area contributed by atoms with E-state index in [0.29, 0.717) is 5.41 Å². The van der Waals surface area contributed by atoms with Gasteiger partial charge in [-0.1, -0.05) is 20.3 Å². The van der Waals surface area contributed by atoms with Crippen LogP contribution >= 0.6 is 0 Å². The van der Waals surface area contributed by atoms with E-state index in [1.54, 1.807) is 0 Å². The summed E-state index contributed by atoms with van der Waals surface area (Å²) in [5.74, 6) is 0. The molecule has 1 aliphatic rings. The van der Waals surface area contributed by atoms with Gasteiger partial charge in [0.25, 0.3) is 0 Å². The third-order valence-electron chi connectivity index (χ3n) is 2.77. The van der Waals surface area contributed by atoms with Crippen molar-refractivity contribution in [3.05, 3.63) is 0 Å². The Kier molecular flexibility index (Phi) is 3.58. The normalized spacial score (nSPS) is 18.9. The van der Waals surface area contributed by atoms with Crippen molar-refractivity contribution in [1.29, 1.82) is 0 Å². The number of nitrogens with one attached hydrogen (secondary N) is 2. The van der Waals surface area contributed by atoms with E-state index < -0.39 is 0 Å². The van der Waals surface area contributed by atoms with Crippen molar-refractivity contribution in [2.45, 2.75) is 39.5 Å². The van der Waals surface area contributed by atoms with E-state index in [-0.39, 0.29) is 6.03 Å². The highest BCUT2D eigenvalue weighted by Gasteiger charge is 2.31. The first-order valence-corrected chi connectivity index (χ1v) is 5.18. The Bertz CT molecular complexity index is 176. The number of hydrogen-bond acceptors (Lipinski definition) is 1. The first-order valence-electron chi connectivity index (χ1n) is 5.18. The molecule has 0 aromatic rings. The van der Waals surface area contributed by atoms with Gasteiger partial charge in [-0.25, -0.2) is 4.79 Å². The minimum Gasteiger partial charge on any atom is -0.338 e. The van der Waals surface area contributed by atoms with E-state index in [1.165, 1.54) is 19.3 Å². The maximum Gasteiger partial charge on any atom is 0.314 e. The third-order valence-corrected chi connectivity index (χ3v) is 2.77. The Morgan fingerprint density at radius 1 is 1.38 bits per heavy atom. The Balaban J connectivity index is 2.07. The molecule has 1 fully saturated rings. The van der Waals surface area contributed by atoms with Crippen molar-refractivity contribution < 1.29 is 4.79 Å². The highest BCUT2D eigenvalue weighted by molar-refractivity contribution is 5.73. The van der Waals surface area contributed by atoms with E-state index in [2.05, 4.69) is 17.6 Å². The second-order valence-corrected chi connectivity index (χ2v) is 4.27. The Morgan fingerprint density at radius 2 is 2.08 bits per heavy atom. The Labute approximate surface area is 80.3 Å². The standard InChI is InChI=1S/C10H20N2O/c1-3-7-11-9(13)12-8-10(2)5-4-6-10/h3-8H2,1-2H3,(H2,11,12,13). The van der Waals surface area contributed by atoms with Gasteiger partial charge in [-0.05, 0) is 24.7 Å². The quantitative estimate of drug-likeness (QED) is 0.688. The summed E-state index contributed by atoms with van der Waals surface area (Å²) in [6, 6.07) is -0.0185. The minimum absolute atomic E-state index is 0.0185. The van der Waals surface area contributed by atoms with Crippen LogP contribution in [0, 0.1) is 5.41 Å². The lowest BCUT2D eigenvalue weighted by Gasteiger charge is -2.38. The smallest absolute Gasteiger partial charge is 0.314 e. The summed E-state index contributed by atoms with van der Waals surface area (Å²) in [6.45, 7) is 5.87. The van der Waals surface area contributed by atoms with Gasteiger partial charge in [-0.3, -0.25) is 0 Å². The van der Waals surface area contributed by atoms with E-state index in [4.69, 9.17) is 0 Å². The monoisotopic (exact) mass is 184 g/mol. The fraction of sp³-hybridized carbons (Fsp3) is 0.900. The molecule has 0 radical (unpaired) electrons. The van der Waals surface area contributed by atoms with Crippen LogP contribution in [-0.4, -0.2) is 19.1 Å². The van der Waals surface area contributed by atoms with Crippen LogP contribution in [0.5, 0.6) is 0 Å². The van der Waals surface area contributed by atoms with Gasteiger partial charge in [0, 0.05) is 13.1 Å². The summed E-state index contributed by atoms with van der Waals surface area (Å²) < 4.78 is 0. The van der Waals surface area contributed by atoms with Crippen molar-refractivity contribution in [1.82, 2.24) is 10.6 Å². The van der Waals surface area contributed by atoms with Crippen LogP contribution in [0.1, 0.15) is 39.5 Å². The largest absolute Gasteiger partial charge is 0.338 e. The van der Waals surface area contributed by atoms with Crippen molar-refractivity contribution in [2.24, 2.45) is 5.41 Å². The molecule has 1 rings (SSSR count). The highest BCUT2D eigenvalue weighted by atomic mass is 16.2. The zero-order valence-corrected chi connectivity index (χ0v) is 8.65.